The number of carboxylic acids is 1. The van der Waals surface area contributed by atoms with Gasteiger partial charge < -0.3 is 20.7 Å². The molecule has 2 heterocycles. The van der Waals surface area contributed by atoms with Crippen LogP contribution in [0.2, 0.25) is 0 Å². The fourth-order valence-electron chi connectivity index (χ4n) is 5.80. The third-order valence-corrected chi connectivity index (χ3v) is 7.44. The van der Waals surface area contributed by atoms with Gasteiger partial charge in [0.25, 0.3) is 0 Å². The minimum Gasteiger partial charge on any atom is -0.481 e. The number of ether oxygens (including phenoxy) is 1. The predicted octanol–water partition coefficient (Wildman–Crippen LogP) is 5.46. The number of para-hydroxylation sites is 1. The Morgan fingerprint density at radius 3 is 2.29 bits per heavy atom. The van der Waals surface area contributed by atoms with Gasteiger partial charge in [-0.25, -0.2) is 14.6 Å². The van der Waals surface area contributed by atoms with Crippen molar-refractivity contribution in [1.82, 2.24) is 19.7 Å². The van der Waals surface area contributed by atoms with E-state index in [4.69, 9.17) is 15.6 Å². The largest absolute Gasteiger partial charge is 0.481 e. The number of aliphatic carboxylic acids is 1. The molecule has 1 saturated carbocycles. The van der Waals surface area contributed by atoms with Crippen LogP contribution in [0.1, 0.15) is 52.5 Å². The quantitative estimate of drug-likeness (QED) is 0.308. The van der Waals surface area contributed by atoms with E-state index in [-0.39, 0.29) is 6.04 Å². The number of rotatable bonds is 6. The Morgan fingerprint density at radius 1 is 1.05 bits per heavy atom. The molecule has 4 aromatic rings. The number of nitrogen functional groups attached to an aromatic ring is 1. The third-order valence-electron chi connectivity index (χ3n) is 7.44. The summed E-state index contributed by atoms with van der Waals surface area (Å²) in [5, 5.41) is 26.9. The molecule has 1 aliphatic rings. The van der Waals surface area contributed by atoms with E-state index >= 15 is 0 Å². The highest BCUT2D eigenvalue weighted by molar-refractivity contribution is 5.98. The minimum atomic E-state index is -1.28. The van der Waals surface area contributed by atoms with Crippen molar-refractivity contribution in [3.8, 4) is 22.8 Å². The van der Waals surface area contributed by atoms with Crippen molar-refractivity contribution in [2.24, 2.45) is 11.3 Å². The molecule has 0 amide bonds. The number of fused-ring (bicyclic) bond motifs is 1. The zero-order chi connectivity index (χ0) is 27.1. The summed E-state index contributed by atoms with van der Waals surface area (Å²) in [5.41, 5.74) is 6.59. The second-order valence-electron chi connectivity index (χ2n) is 11.2. The first-order valence-corrected chi connectivity index (χ1v) is 12.8. The van der Waals surface area contributed by atoms with Crippen LogP contribution in [0.15, 0.2) is 60.9 Å². The number of hydrogen-bond donors (Lipinski definition) is 3. The van der Waals surface area contributed by atoms with E-state index < -0.39 is 22.9 Å². The van der Waals surface area contributed by atoms with E-state index in [1.807, 2.05) is 80.1 Å². The minimum absolute atomic E-state index is 0.0593. The van der Waals surface area contributed by atoms with E-state index in [1.165, 1.54) is 6.33 Å². The molecular formula is C29H33N5O4. The zero-order valence-electron chi connectivity index (χ0n) is 21.8. The van der Waals surface area contributed by atoms with Crippen molar-refractivity contribution >= 4 is 22.8 Å². The van der Waals surface area contributed by atoms with Gasteiger partial charge in [0.15, 0.2) is 5.65 Å². The van der Waals surface area contributed by atoms with Crippen LogP contribution >= 0.6 is 0 Å². The molecule has 5 rings (SSSR count). The monoisotopic (exact) mass is 515 g/mol. The van der Waals surface area contributed by atoms with E-state index in [2.05, 4.69) is 9.97 Å². The lowest BCUT2D eigenvalue weighted by atomic mass is 9.64. The van der Waals surface area contributed by atoms with Gasteiger partial charge in [0.2, 0.25) is 0 Å². The van der Waals surface area contributed by atoms with E-state index in [0.29, 0.717) is 54.0 Å². The topological polar surface area (TPSA) is 136 Å². The second-order valence-corrected chi connectivity index (χ2v) is 11.2. The van der Waals surface area contributed by atoms with Gasteiger partial charge in [-0.3, -0.25) is 4.79 Å². The highest BCUT2D eigenvalue weighted by Gasteiger charge is 2.50. The van der Waals surface area contributed by atoms with Crippen LogP contribution in [-0.4, -0.2) is 41.5 Å². The van der Waals surface area contributed by atoms with E-state index in [0.717, 1.165) is 11.3 Å². The fourth-order valence-corrected chi connectivity index (χ4v) is 5.80. The summed E-state index contributed by atoms with van der Waals surface area (Å²) in [4.78, 5) is 20.8. The summed E-state index contributed by atoms with van der Waals surface area (Å²) < 4.78 is 7.78. The number of hydrogen-bond acceptors (Lipinski definition) is 7. The summed E-state index contributed by atoms with van der Waals surface area (Å²) in [6.07, 6.45) is 3.28. The maximum Gasteiger partial charge on any atom is 0.309 e. The second kappa shape index (κ2) is 9.72. The lowest BCUT2D eigenvalue weighted by Gasteiger charge is -2.44. The lowest BCUT2D eigenvalue weighted by molar-refractivity contribution is -0.165. The van der Waals surface area contributed by atoms with Gasteiger partial charge in [0.05, 0.1) is 22.9 Å². The van der Waals surface area contributed by atoms with Gasteiger partial charge >= 0.3 is 5.97 Å². The van der Waals surface area contributed by atoms with Crippen LogP contribution < -0.4 is 10.5 Å². The van der Waals surface area contributed by atoms with Crippen molar-refractivity contribution < 1.29 is 19.7 Å². The predicted molar refractivity (Wildman–Crippen MR) is 145 cm³/mol. The van der Waals surface area contributed by atoms with Gasteiger partial charge in [0.1, 0.15) is 29.3 Å². The van der Waals surface area contributed by atoms with Crippen molar-refractivity contribution in [1.29, 1.82) is 0 Å². The number of carboxylic acid groups (broad SMARTS) is 1. The van der Waals surface area contributed by atoms with Crippen LogP contribution in [-0.2, 0) is 4.79 Å². The summed E-state index contributed by atoms with van der Waals surface area (Å²) in [7, 11) is 0. The first-order valence-electron chi connectivity index (χ1n) is 12.8. The highest BCUT2D eigenvalue weighted by atomic mass is 16.5. The smallest absolute Gasteiger partial charge is 0.309 e. The number of benzene rings is 2. The van der Waals surface area contributed by atoms with Gasteiger partial charge in [-0.1, -0.05) is 39.0 Å². The molecule has 1 aliphatic carbocycles. The van der Waals surface area contributed by atoms with Crippen molar-refractivity contribution in [2.45, 2.75) is 58.1 Å². The molecule has 0 radical (unpaired) electrons. The van der Waals surface area contributed by atoms with Crippen LogP contribution in [0, 0.1) is 11.3 Å². The highest BCUT2D eigenvalue weighted by Crippen LogP contribution is 2.46. The molecule has 0 bridgehead atoms. The molecule has 4 N–H and O–H groups in total. The number of aromatic nitrogens is 4. The molecule has 0 saturated heterocycles. The van der Waals surface area contributed by atoms with Gasteiger partial charge in [-0.2, -0.15) is 5.10 Å². The number of nitrogens with zero attached hydrogens (tertiary/aromatic N) is 4. The van der Waals surface area contributed by atoms with Gasteiger partial charge in [0, 0.05) is 5.56 Å². The molecule has 0 spiro atoms. The molecule has 198 valence electrons. The Morgan fingerprint density at radius 2 is 1.68 bits per heavy atom. The zero-order valence-corrected chi connectivity index (χ0v) is 21.8. The van der Waals surface area contributed by atoms with Gasteiger partial charge in [-0.15, -0.1) is 0 Å². The molecule has 9 nitrogen and oxygen atoms in total. The van der Waals surface area contributed by atoms with Gasteiger partial charge in [-0.05, 0) is 67.5 Å². The first kappa shape index (κ1) is 25.7. The molecule has 0 aliphatic heterocycles. The Kier molecular flexibility index (Phi) is 6.56. The molecule has 9 heteroatoms. The Hall–Kier alpha value is -3.98. The Bertz CT molecular complexity index is 1440. The third kappa shape index (κ3) is 4.81. The van der Waals surface area contributed by atoms with Crippen molar-refractivity contribution in [3.63, 3.8) is 0 Å². The number of anilines is 1. The van der Waals surface area contributed by atoms with Crippen LogP contribution in [0.3, 0.4) is 0 Å². The number of nitrogens with two attached hydrogens (primary N) is 1. The Balaban J connectivity index is 1.44. The average Bonchev–Trinajstić information content (AvgIpc) is 3.25. The molecule has 1 unspecified atom stereocenters. The number of aliphatic hydroxyl groups is 1. The summed E-state index contributed by atoms with van der Waals surface area (Å²) in [6.45, 7) is 5.58. The van der Waals surface area contributed by atoms with E-state index in [9.17, 15) is 15.0 Å². The lowest BCUT2D eigenvalue weighted by Crippen LogP contribution is -2.51. The Labute approximate surface area is 221 Å². The fraction of sp³-hybridized carbons (Fsp3) is 0.379. The average molecular weight is 516 g/mol. The number of carbonyl (C=O) groups is 1. The van der Waals surface area contributed by atoms with Crippen molar-refractivity contribution in [3.05, 3.63) is 60.9 Å². The maximum atomic E-state index is 12.1. The SMILES string of the molecule is CC(C)(C)C(C(=O)O)C1(O)CCC(n2nc(-c3ccc(Oc4ccccc4)cc3)c3c(N)ncnc32)CC1. The first-order chi connectivity index (χ1) is 18.1. The van der Waals surface area contributed by atoms with Crippen LogP contribution in [0.25, 0.3) is 22.3 Å². The normalized spacial score (nSPS) is 20.8. The summed E-state index contributed by atoms with van der Waals surface area (Å²) in [5.74, 6) is -0.0411. The molecule has 1 fully saturated rings. The summed E-state index contributed by atoms with van der Waals surface area (Å²) in [6, 6.07) is 17.1. The van der Waals surface area contributed by atoms with Crippen LogP contribution in [0.4, 0.5) is 5.82 Å². The maximum absolute atomic E-state index is 12.1. The standard InChI is InChI=1S/C29H33N5O4/c1-28(2,3)24(27(35)36)29(37)15-13-19(14-16-29)34-26-22(25(30)31-17-32-26)23(33-34)18-9-11-21(12-10-18)38-20-7-5-4-6-8-20/h4-12,17,19,24,37H,13-16H2,1-3H3,(H,35,36)(H2,30,31,32). The molecule has 38 heavy (non-hydrogen) atoms. The summed E-state index contributed by atoms with van der Waals surface area (Å²) >= 11 is 0. The molecule has 2 aromatic carbocycles. The molecule has 2 aromatic heterocycles. The molecule has 1 atom stereocenters. The van der Waals surface area contributed by atoms with Crippen molar-refractivity contribution in [2.75, 3.05) is 5.73 Å². The van der Waals surface area contributed by atoms with Crippen LogP contribution in [0.5, 0.6) is 11.5 Å². The van der Waals surface area contributed by atoms with E-state index in [1.54, 1.807) is 0 Å². The molecular weight excluding hydrogens is 482 g/mol.